The minimum Gasteiger partial charge on any atom is -0.463 e. The van der Waals surface area contributed by atoms with Crippen LogP contribution in [0.15, 0.2) is 72.9 Å². The van der Waals surface area contributed by atoms with Crippen molar-refractivity contribution in [3.63, 3.8) is 0 Å². The van der Waals surface area contributed by atoms with Gasteiger partial charge in [-0.1, -0.05) is 131 Å². The molecule has 264 valence electrons. The number of aliphatic hydroxyl groups excluding tert-OH is 1. The highest BCUT2D eigenvalue weighted by Crippen LogP contribution is 2.42. The summed E-state index contributed by atoms with van der Waals surface area (Å²) in [6.07, 6.45) is 44.8. The standard InChI is InChI=1S/C37H64NO7P/c1-2-3-4-5-6-7-8-9-10-11-12-13-14-15-16-17-18-19-20-21-22-23-24-25-26-27-28-29-30-31-37(40)43-34-36(39)35-45-46(41,42)44-33-32-38/h3-4,6-7,9-10,12-13,15-16,18-19,36,39H,2,5,8,11,14,17,20-35,38H2,1H3,(H,41,42)/b4-3-,7-6-,10-9-,13-12-,16-15-,19-18-. The van der Waals surface area contributed by atoms with Gasteiger partial charge in [0.1, 0.15) is 12.7 Å². The molecule has 4 N–H and O–H groups in total. The van der Waals surface area contributed by atoms with Gasteiger partial charge >= 0.3 is 13.8 Å². The summed E-state index contributed by atoms with van der Waals surface area (Å²) in [7, 11) is -4.26. The monoisotopic (exact) mass is 665 g/mol. The molecule has 0 fully saturated rings. The molecule has 0 aliphatic heterocycles. The van der Waals surface area contributed by atoms with Crippen molar-refractivity contribution >= 4 is 13.8 Å². The van der Waals surface area contributed by atoms with Crippen LogP contribution >= 0.6 is 7.82 Å². The summed E-state index contributed by atoms with van der Waals surface area (Å²) in [6, 6.07) is 0. The number of unbranched alkanes of at least 4 members (excludes halogenated alkanes) is 10. The maximum atomic E-state index is 11.8. The lowest BCUT2D eigenvalue weighted by atomic mass is 10.1. The fraction of sp³-hybridized carbons (Fsp3) is 0.649. The first kappa shape index (κ1) is 43.9. The van der Waals surface area contributed by atoms with Crippen molar-refractivity contribution in [2.24, 2.45) is 5.73 Å². The molecular formula is C37H64NO7P. The van der Waals surface area contributed by atoms with E-state index in [4.69, 9.17) is 10.5 Å². The van der Waals surface area contributed by atoms with Crippen LogP contribution in [0.3, 0.4) is 0 Å². The lowest BCUT2D eigenvalue weighted by Gasteiger charge is -2.15. The van der Waals surface area contributed by atoms with Gasteiger partial charge in [0.05, 0.1) is 13.2 Å². The lowest BCUT2D eigenvalue weighted by molar-refractivity contribution is -0.147. The minimum absolute atomic E-state index is 0.0704. The average Bonchev–Trinajstić information content (AvgIpc) is 3.04. The number of carbonyl (C=O) groups is 1. The van der Waals surface area contributed by atoms with E-state index in [0.29, 0.717) is 6.42 Å². The topological polar surface area (TPSA) is 128 Å². The van der Waals surface area contributed by atoms with Crippen molar-refractivity contribution in [1.82, 2.24) is 0 Å². The van der Waals surface area contributed by atoms with E-state index in [-0.39, 0.29) is 19.8 Å². The zero-order chi connectivity index (χ0) is 33.8. The van der Waals surface area contributed by atoms with Crippen LogP contribution in [-0.4, -0.2) is 48.4 Å². The smallest absolute Gasteiger partial charge is 0.463 e. The van der Waals surface area contributed by atoms with E-state index in [1.165, 1.54) is 44.9 Å². The van der Waals surface area contributed by atoms with E-state index < -0.39 is 26.5 Å². The third-order valence-electron chi connectivity index (χ3n) is 6.84. The molecule has 9 heteroatoms. The summed E-state index contributed by atoms with van der Waals surface area (Å²) >= 11 is 0. The highest BCUT2D eigenvalue weighted by molar-refractivity contribution is 7.47. The predicted octanol–water partition coefficient (Wildman–Crippen LogP) is 9.36. The third kappa shape index (κ3) is 34.8. The molecule has 0 heterocycles. The van der Waals surface area contributed by atoms with E-state index in [0.717, 1.165) is 64.2 Å². The van der Waals surface area contributed by atoms with Crippen LogP contribution in [0.5, 0.6) is 0 Å². The number of ether oxygens (including phenoxy) is 1. The second-order valence-corrected chi connectivity index (χ2v) is 12.7. The Bertz CT molecular complexity index is 927. The molecule has 0 radical (unpaired) electrons. The van der Waals surface area contributed by atoms with Crippen LogP contribution in [-0.2, 0) is 23.1 Å². The number of carbonyl (C=O) groups excluding carboxylic acids is 1. The molecule has 0 aromatic carbocycles. The van der Waals surface area contributed by atoms with Gasteiger partial charge in [-0.2, -0.15) is 0 Å². The normalized spacial score (nSPS) is 14.6. The van der Waals surface area contributed by atoms with Gasteiger partial charge in [0.15, 0.2) is 0 Å². The number of phosphoric ester groups is 1. The molecule has 0 rings (SSSR count). The van der Waals surface area contributed by atoms with Gasteiger partial charge in [-0.25, -0.2) is 4.57 Å². The fourth-order valence-electron chi connectivity index (χ4n) is 4.28. The second-order valence-electron chi connectivity index (χ2n) is 11.2. The summed E-state index contributed by atoms with van der Waals surface area (Å²) in [5.41, 5.74) is 5.19. The van der Waals surface area contributed by atoms with Crippen LogP contribution < -0.4 is 5.73 Å². The Morgan fingerprint density at radius 2 is 1.09 bits per heavy atom. The van der Waals surface area contributed by atoms with Crippen molar-refractivity contribution < 1.29 is 33.1 Å². The van der Waals surface area contributed by atoms with Gasteiger partial charge in [0.2, 0.25) is 0 Å². The molecule has 8 nitrogen and oxygen atoms in total. The Morgan fingerprint density at radius 1 is 0.652 bits per heavy atom. The van der Waals surface area contributed by atoms with Crippen LogP contribution in [0.1, 0.15) is 122 Å². The van der Waals surface area contributed by atoms with Crippen molar-refractivity contribution in [2.45, 2.75) is 129 Å². The first-order valence-electron chi connectivity index (χ1n) is 17.5. The molecule has 2 unspecified atom stereocenters. The van der Waals surface area contributed by atoms with E-state index >= 15 is 0 Å². The van der Waals surface area contributed by atoms with Crippen molar-refractivity contribution in [3.8, 4) is 0 Å². The van der Waals surface area contributed by atoms with E-state index in [1.807, 2.05) is 0 Å². The number of nitrogens with two attached hydrogens (primary N) is 1. The van der Waals surface area contributed by atoms with Gasteiger partial charge in [0.25, 0.3) is 0 Å². The molecule has 0 aromatic heterocycles. The first-order valence-corrected chi connectivity index (χ1v) is 19.0. The van der Waals surface area contributed by atoms with E-state index in [1.54, 1.807) is 0 Å². The van der Waals surface area contributed by atoms with Crippen LogP contribution in [0.2, 0.25) is 0 Å². The largest absolute Gasteiger partial charge is 0.472 e. The number of allylic oxidation sites excluding steroid dienone is 12. The molecule has 2 atom stereocenters. The molecule has 0 spiro atoms. The molecule has 0 aromatic rings. The molecular weight excluding hydrogens is 601 g/mol. The Balaban J connectivity index is 3.48. The first-order chi connectivity index (χ1) is 22.4. The number of hydrogen-bond acceptors (Lipinski definition) is 7. The summed E-state index contributed by atoms with van der Waals surface area (Å²) in [5.74, 6) is -0.394. The Kier molecular flexibility index (Phi) is 32.7. The summed E-state index contributed by atoms with van der Waals surface area (Å²) in [4.78, 5) is 21.2. The minimum atomic E-state index is -4.26. The molecule has 46 heavy (non-hydrogen) atoms. The number of aliphatic hydroxyl groups is 1. The van der Waals surface area contributed by atoms with Crippen molar-refractivity contribution in [1.29, 1.82) is 0 Å². The van der Waals surface area contributed by atoms with Crippen LogP contribution in [0.4, 0.5) is 0 Å². The fourth-order valence-corrected chi connectivity index (χ4v) is 5.05. The highest BCUT2D eigenvalue weighted by Gasteiger charge is 2.22. The van der Waals surface area contributed by atoms with Gasteiger partial charge in [-0.05, 0) is 57.8 Å². The van der Waals surface area contributed by atoms with E-state index in [9.17, 15) is 19.4 Å². The average molecular weight is 666 g/mol. The number of hydrogen-bond donors (Lipinski definition) is 3. The molecule has 0 amide bonds. The maximum Gasteiger partial charge on any atom is 0.472 e. The van der Waals surface area contributed by atoms with Crippen molar-refractivity contribution in [3.05, 3.63) is 72.9 Å². The quantitative estimate of drug-likeness (QED) is 0.0281. The predicted molar refractivity (Wildman–Crippen MR) is 191 cm³/mol. The third-order valence-corrected chi connectivity index (χ3v) is 7.82. The van der Waals surface area contributed by atoms with E-state index in [2.05, 4.69) is 88.9 Å². The molecule has 0 aliphatic rings. The van der Waals surface area contributed by atoms with Crippen molar-refractivity contribution in [2.75, 3.05) is 26.4 Å². The molecule has 0 saturated carbocycles. The van der Waals surface area contributed by atoms with Crippen LogP contribution in [0, 0.1) is 0 Å². The Hall–Kier alpha value is -2.06. The number of rotatable bonds is 32. The zero-order valence-corrected chi connectivity index (χ0v) is 29.4. The summed E-state index contributed by atoms with van der Waals surface area (Å²) in [5, 5.41) is 9.74. The second kappa shape index (κ2) is 34.3. The summed E-state index contributed by atoms with van der Waals surface area (Å²) in [6.45, 7) is 1.32. The number of phosphoric acid groups is 1. The zero-order valence-electron chi connectivity index (χ0n) is 28.5. The maximum absolute atomic E-state index is 11.8. The van der Waals surface area contributed by atoms with Gasteiger partial charge in [-0.3, -0.25) is 13.8 Å². The highest BCUT2D eigenvalue weighted by atomic mass is 31.2. The van der Waals surface area contributed by atoms with Gasteiger partial charge in [0, 0.05) is 13.0 Å². The van der Waals surface area contributed by atoms with Gasteiger partial charge in [-0.15, -0.1) is 0 Å². The molecule has 0 saturated heterocycles. The molecule has 0 bridgehead atoms. The SMILES string of the molecule is CC/C=C\C/C=C\C/C=C\C/C=C\C/C=C\C/C=C\CCCCCCCCCCCCC(=O)OCC(O)COP(=O)(O)OCCN. The Labute approximate surface area is 280 Å². The number of esters is 1. The molecule has 0 aliphatic carbocycles. The summed E-state index contributed by atoms with van der Waals surface area (Å²) < 4.78 is 25.7. The van der Waals surface area contributed by atoms with Crippen LogP contribution in [0.25, 0.3) is 0 Å². The van der Waals surface area contributed by atoms with Gasteiger partial charge < -0.3 is 20.5 Å². The lowest BCUT2D eigenvalue weighted by Crippen LogP contribution is -2.23. The Morgan fingerprint density at radius 3 is 1.57 bits per heavy atom.